The summed E-state index contributed by atoms with van der Waals surface area (Å²) in [5.74, 6) is -1.87. The van der Waals surface area contributed by atoms with Crippen molar-refractivity contribution in [3.8, 4) is 0 Å². The zero-order valence-electron chi connectivity index (χ0n) is 14.2. The van der Waals surface area contributed by atoms with E-state index in [1.165, 1.54) is 6.07 Å². The van der Waals surface area contributed by atoms with Crippen LogP contribution in [0.3, 0.4) is 0 Å². The van der Waals surface area contributed by atoms with Crippen molar-refractivity contribution in [1.29, 1.82) is 0 Å². The number of carbonyl (C=O) groups excluding carboxylic acids is 2. The van der Waals surface area contributed by atoms with Crippen molar-refractivity contribution in [1.82, 2.24) is 9.80 Å². The number of carbonyl (C=O) groups is 3. The van der Waals surface area contributed by atoms with E-state index in [0.29, 0.717) is 48.1 Å². The summed E-state index contributed by atoms with van der Waals surface area (Å²) in [6.07, 6.45) is 1.93. The molecule has 140 valence electrons. The molecular formula is C18H20Cl2N2O4. The van der Waals surface area contributed by atoms with Crippen molar-refractivity contribution in [2.24, 2.45) is 11.8 Å². The minimum absolute atomic E-state index is 0.0552. The highest BCUT2D eigenvalue weighted by Gasteiger charge is 2.36. The Balaban J connectivity index is 1.65. The normalized spacial score (nSPS) is 23.2. The summed E-state index contributed by atoms with van der Waals surface area (Å²) in [5.41, 5.74) is 0.444. The minimum atomic E-state index is -0.861. The van der Waals surface area contributed by atoms with Crippen molar-refractivity contribution in [2.45, 2.75) is 19.3 Å². The van der Waals surface area contributed by atoms with Gasteiger partial charge >= 0.3 is 5.97 Å². The van der Waals surface area contributed by atoms with Gasteiger partial charge in [-0.25, -0.2) is 0 Å². The molecule has 6 nitrogen and oxygen atoms in total. The molecule has 8 heteroatoms. The van der Waals surface area contributed by atoms with Gasteiger partial charge < -0.3 is 14.9 Å². The molecule has 1 N–H and O–H groups in total. The number of nitrogens with zero attached hydrogens (tertiary/aromatic N) is 2. The number of carboxylic acid groups (broad SMARTS) is 1. The van der Waals surface area contributed by atoms with Crippen molar-refractivity contribution in [3.63, 3.8) is 0 Å². The topological polar surface area (TPSA) is 77.9 Å². The van der Waals surface area contributed by atoms with Gasteiger partial charge in [0.05, 0.1) is 21.9 Å². The molecule has 2 amide bonds. The maximum atomic E-state index is 12.7. The van der Waals surface area contributed by atoms with Crippen LogP contribution in [0.25, 0.3) is 0 Å². The Morgan fingerprint density at radius 1 is 0.962 bits per heavy atom. The summed E-state index contributed by atoms with van der Waals surface area (Å²) >= 11 is 11.9. The molecule has 2 unspecified atom stereocenters. The summed E-state index contributed by atoms with van der Waals surface area (Å²) in [6, 6.07) is 4.75. The molecule has 3 rings (SSSR count). The molecule has 2 saturated heterocycles. The first-order valence-electron chi connectivity index (χ1n) is 8.62. The molecule has 1 aromatic rings. The highest BCUT2D eigenvalue weighted by atomic mass is 35.5. The molecule has 0 spiro atoms. The second kappa shape index (κ2) is 7.84. The maximum Gasteiger partial charge on any atom is 0.308 e. The van der Waals surface area contributed by atoms with Crippen molar-refractivity contribution >= 4 is 41.0 Å². The van der Waals surface area contributed by atoms with Crippen LogP contribution in [0.4, 0.5) is 0 Å². The first-order chi connectivity index (χ1) is 12.4. The lowest BCUT2D eigenvalue weighted by atomic mass is 9.96. The number of carboxylic acids is 1. The van der Waals surface area contributed by atoms with Gasteiger partial charge in [-0.1, -0.05) is 23.2 Å². The minimum Gasteiger partial charge on any atom is -0.481 e. The number of rotatable bonds is 3. The fourth-order valence-corrected chi connectivity index (χ4v) is 3.89. The van der Waals surface area contributed by atoms with Crippen molar-refractivity contribution in [2.75, 3.05) is 26.2 Å². The number of hydrogen-bond acceptors (Lipinski definition) is 3. The van der Waals surface area contributed by atoms with Crippen LogP contribution >= 0.6 is 23.2 Å². The summed E-state index contributed by atoms with van der Waals surface area (Å²) in [5, 5.41) is 9.80. The van der Waals surface area contributed by atoms with Gasteiger partial charge in [-0.3, -0.25) is 14.4 Å². The van der Waals surface area contributed by atoms with Gasteiger partial charge in [-0.2, -0.15) is 0 Å². The predicted octanol–water partition coefficient (Wildman–Crippen LogP) is 2.78. The average molecular weight is 399 g/mol. The quantitative estimate of drug-likeness (QED) is 0.848. The van der Waals surface area contributed by atoms with Gasteiger partial charge in [0.25, 0.3) is 5.91 Å². The van der Waals surface area contributed by atoms with E-state index in [9.17, 15) is 14.4 Å². The molecule has 0 aromatic heterocycles. The van der Waals surface area contributed by atoms with E-state index in [0.717, 1.165) is 6.42 Å². The highest BCUT2D eigenvalue weighted by molar-refractivity contribution is 6.42. The molecule has 2 heterocycles. The second-order valence-corrected chi connectivity index (χ2v) is 7.64. The van der Waals surface area contributed by atoms with Gasteiger partial charge in [0.15, 0.2) is 0 Å². The van der Waals surface area contributed by atoms with Gasteiger partial charge in [0.2, 0.25) is 5.91 Å². The summed E-state index contributed by atoms with van der Waals surface area (Å²) in [4.78, 5) is 39.8. The van der Waals surface area contributed by atoms with Crippen LogP contribution in [0.1, 0.15) is 29.6 Å². The largest absolute Gasteiger partial charge is 0.481 e. The molecule has 26 heavy (non-hydrogen) atoms. The fourth-order valence-electron chi connectivity index (χ4n) is 3.60. The number of piperidine rings is 1. The Bertz CT molecular complexity index is 740. The monoisotopic (exact) mass is 398 g/mol. The van der Waals surface area contributed by atoms with E-state index in [2.05, 4.69) is 0 Å². The molecule has 2 aliphatic heterocycles. The Labute approximate surface area is 161 Å². The van der Waals surface area contributed by atoms with Gasteiger partial charge in [-0.15, -0.1) is 0 Å². The van der Waals surface area contributed by atoms with E-state index >= 15 is 0 Å². The Morgan fingerprint density at radius 2 is 1.69 bits per heavy atom. The Hall–Kier alpha value is -1.79. The van der Waals surface area contributed by atoms with Crippen LogP contribution in [0.15, 0.2) is 18.2 Å². The summed E-state index contributed by atoms with van der Waals surface area (Å²) < 4.78 is 0. The Morgan fingerprint density at radius 3 is 2.35 bits per heavy atom. The van der Waals surface area contributed by atoms with Crippen molar-refractivity contribution < 1.29 is 19.5 Å². The summed E-state index contributed by atoms with van der Waals surface area (Å²) in [7, 11) is 0. The number of hydrogen-bond donors (Lipinski definition) is 1. The second-order valence-electron chi connectivity index (χ2n) is 6.83. The molecule has 1 aromatic carbocycles. The maximum absolute atomic E-state index is 12.7. The van der Waals surface area contributed by atoms with Crippen molar-refractivity contribution in [3.05, 3.63) is 33.8 Å². The third-order valence-electron chi connectivity index (χ3n) is 5.07. The average Bonchev–Trinajstić information content (AvgIpc) is 3.13. The SMILES string of the molecule is O=C(O)C1CCN(C(=O)C2CCCN(C(=O)c3ccc(Cl)c(Cl)c3)C2)C1. The first kappa shape index (κ1) is 19.0. The molecule has 2 atom stereocenters. The number of aliphatic carboxylic acids is 1. The lowest BCUT2D eigenvalue weighted by Gasteiger charge is -2.34. The molecule has 0 saturated carbocycles. The predicted molar refractivity (Wildman–Crippen MR) is 97.4 cm³/mol. The number of benzene rings is 1. The van der Waals surface area contributed by atoms with Crippen LogP contribution in [0.2, 0.25) is 10.0 Å². The van der Waals surface area contributed by atoms with E-state index in [-0.39, 0.29) is 24.3 Å². The summed E-state index contributed by atoms with van der Waals surface area (Å²) in [6.45, 7) is 1.64. The standard InChI is InChI=1S/C18H20Cl2N2O4/c19-14-4-3-11(8-15(14)20)16(23)21-6-1-2-12(9-21)17(24)22-7-5-13(10-22)18(25)26/h3-4,8,12-13H,1-2,5-7,9-10H2,(H,25,26). The van der Waals surface area contributed by atoms with Crippen LogP contribution in [0, 0.1) is 11.8 Å². The molecule has 2 fully saturated rings. The van der Waals surface area contributed by atoms with Crippen LogP contribution < -0.4 is 0 Å². The third kappa shape index (κ3) is 3.96. The molecule has 0 radical (unpaired) electrons. The zero-order chi connectivity index (χ0) is 18.8. The lowest BCUT2D eigenvalue weighted by molar-refractivity contribution is -0.141. The van der Waals surface area contributed by atoms with E-state index < -0.39 is 11.9 Å². The van der Waals surface area contributed by atoms with Crippen LogP contribution in [-0.4, -0.2) is 58.9 Å². The third-order valence-corrected chi connectivity index (χ3v) is 5.81. The number of halogens is 2. The first-order valence-corrected chi connectivity index (χ1v) is 9.38. The smallest absolute Gasteiger partial charge is 0.308 e. The van der Waals surface area contributed by atoms with Gasteiger partial charge in [0.1, 0.15) is 0 Å². The van der Waals surface area contributed by atoms with Gasteiger partial charge in [-0.05, 0) is 37.5 Å². The fraction of sp³-hybridized carbons (Fsp3) is 0.500. The van der Waals surface area contributed by atoms with E-state index in [1.807, 2.05) is 0 Å². The number of likely N-dealkylation sites (tertiary alicyclic amines) is 2. The zero-order valence-corrected chi connectivity index (χ0v) is 15.7. The highest BCUT2D eigenvalue weighted by Crippen LogP contribution is 2.27. The van der Waals surface area contributed by atoms with Crippen LogP contribution in [-0.2, 0) is 9.59 Å². The Kier molecular flexibility index (Phi) is 5.73. The van der Waals surface area contributed by atoms with Gasteiger partial charge in [0, 0.05) is 31.7 Å². The van der Waals surface area contributed by atoms with Crippen LogP contribution in [0.5, 0.6) is 0 Å². The molecule has 0 aliphatic carbocycles. The molecule has 2 aliphatic rings. The molecule has 0 bridgehead atoms. The van der Waals surface area contributed by atoms with E-state index in [1.54, 1.807) is 21.9 Å². The van der Waals surface area contributed by atoms with E-state index in [4.69, 9.17) is 28.3 Å². The number of amides is 2. The lowest BCUT2D eigenvalue weighted by Crippen LogP contribution is -2.46. The molecular weight excluding hydrogens is 379 g/mol.